The number of hydrogen-bond donors (Lipinski definition) is 2. The molecule has 9 nitrogen and oxygen atoms in total. The number of aliphatic hydroxyl groups excluding tert-OH is 1. The monoisotopic (exact) mass is 511 g/mol. The molecule has 2 atom stereocenters. The number of nitrogens with one attached hydrogen (secondary N) is 1. The molecule has 0 spiro atoms. The van der Waals surface area contributed by atoms with E-state index in [9.17, 15) is 9.90 Å². The number of piperazine rings is 1. The molecule has 2 fully saturated rings. The van der Waals surface area contributed by atoms with Crippen molar-refractivity contribution < 1.29 is 19.4 Å². The van der Waals surface area contributed by atoms with Gasteiger partial charge in [0.25, 0.3) is 0 Å². The van der Waals surface area contributed by atoms with Gasteiger partial charge in [0.15, 0.2) is 5.82 Å². The van der Waals surface area contributed by atoms with Crippen molar-refractivity contribution in [2.24, 2.45) is 5.92 Å². The molecule has 0 saturated carbocycles. The lowest BCUT2D eigenvalue weighted by molar-refractivity contribution is -0.134. The van der Waals surface area contributed by atoms with Crippen molar-refractivity contribution in [3.05, 3.63) is 35.5 Å². The van der Waals surface area contributed by atoms with Gasteiger partial charge in [-0.1, -0.05) is 12.1 Å². The molecule has 2 saturated heterocycles. The zero-order chi connectivity index (χ0) is 26.6. The topological polar surface area (TPSA) is 100 Å². The fourth-order valence-corrected chi connectivity index (χ4v) is 5.33. The van der Waals surface area contributed by atoms with Crippen molar-refractivity contribution in [3.63, 3.8) is 0 Å². The van der Waals surface area contributed by atoms with Crippen LogP contribution < -0.4 is 15.0 Å². The number of rotatable bonds is 9. The van der Waals surface area contributed by atoms with E-state index in [4.69, 9.17) is 19.4 Å². The summed E-state index contributed by atoms with van der Waals surface area (Å²) < 4.78 is 11.5. The van der Waals surface area contributed by atoms with Gasteiger partial charge in [0.05, 0.1) is 5.54 Å². The van der Waals surface area contributed by atoms with Crippen LogP contribution in [0.1, 0.15) is 38.4 Å². The third kappa shape index (κ3) is 6.58. The van der Waals surface area contributed by atoms with Crippen molar-refractivity contribution in [2.45, 2.75) is 52.2 Å². The Balaban J connectivity index is 1.66. The molecule has 4 rings (SSSR count). The maximum Gasteiger partial charge on any atom is 0.220 e. The first kappa shape index (κ1) is 27.3. The lowest BCUT2D eigenvalue weighted by Crippen LogP contribution is -2.61. The van der Waals surface area contributed by atoms with Crippen LogP contribution in [0.2, 0.25) is 0 Å². The Morgan fingerprint density at radius 3 is 2.81 bits per heavy atom. The second-order valence-electron chi connectivity index (χ2n) is 10.8. The van der Waals surface area contributed by atoms with E-state index < -0.39 is 6.10 Å². The SMILES string of the molecule is CNCC(O)COc1cccc(-c2nc(C[C@@H]3CCOC3)c(C)c(N3CCN(C(C)=O)C(C)(C)C3)n2)c1. The van der Waals surface area contributed by atoms with Crippen LogP contribution in [0, 0.1) is 12.8 Å². The van der Waals surface area contributed by atoms with Gasteiger partial charge in [-0.2, -0.15) is 0 Å². The highest BCUT2D eigenvalue weighted by Gasteiger charge is 2.36. The molecule has 37 heavy (non-hydrogen) atoms. The van der Waals surface area contributed by atoms with E-state index >= 15 is 0 Å². The van der Waals surface area contributed by atoms with Gasteiger partial charge in [-0.25, -0.2) is 9.97 Å². The van der Waals surface area contributed by atoms with Crippen molar-refractivity contribution in [3.8, 4) is 17.1 Å². The standard InChI is InChI=1S/C28H41N5O4/c1-19-25(13-21-9-12-36-16-21)30-26(22-7-6-8-24(14-22)37-17-23(35)15-29-5)31-27(19)32-10-11-33(20(2)34)28(3,4)18-32/h6-8,14,21,23,29,35H,9-13,15-18H2,1-5H3/t21-,23?/m0/s1. The van der Waals surface area contributed by atoms with Crippen LogP contribution in [-0.2, 0) is 16.0 Å². The molecule has 0 bridgehead atoms. The van der Waals surface area contributed by atoms with Gasteiger partial charge in [-0.3, -0.25) is 4.79 Å². The van der Waals surface area contributed by atoms with Crippen LogP contribution >= 0.6 is 0 Å². The van der Waals surface area contributed by atoms with Crippen LogP contribution in [0.15, 0.2) is 24.3 Å². The summed E-state index contributed by atoms with van der Waals surface area (Å²) in [5.41, 5.74) is 2.69. The molecule has 1 aromatic heterocycles. The summed E-state index contributed by atoms with van der Waals surface area (Å²) in [5.74, 6) is 2.79. The highest BCUT2D eigenvalue weighted by Crippen LogP contribution is 2.32. The normalized spacial score (nSPS) is 20.2. The largest absolute Gasteiger partial charge is 0.491 e. The first-order valence-corrected chi connectivity index (χ1v) is 13.2. The molecular formula is C28H41N5O4. The van der Waals surface area contributed by atoms with Gasteiger partial charge >= 0.3 is 0 Å². The Hall–Kier alpha value is -2.75. The summed E-state index contributed by atoms with van der Waals surface area (Å²) in [6, 6.07) is 7.73. The molecule has 1 amide bonds. The Bertz CT molecular complexity index is 1090. The predicted octanol–water partition coefficient (Wildman–Crippen LogP) is 2.44. The van der Waals surface area contributed by atoms with E-state index in [-0.39, 0.29) is 18.1 Å². The molecule has 1 aromatic carbocycles. The average molecular weight is 512 g/mol. The first-order chi connectivity index (χ1) is 17.7. The summed E-state index contributed by atoms with van der Waals surface area (Å²) in [6.45, 7) is 12.3. The summed E-state index contributed by atoms with van der Waals surface area (Å²) in [7, 11) is 1.80. The molecule has 3 heterocycles. The Labute approximate surface area is 220 Å². The second kappa shape index (κ2) is 11.8. The molecule has 0 aliphatic carbocycles. The van der Waals surface area contributed by atoms with E-state index in [1.165, 1.54) is 0 Å². The first-order valence-electron chi connectivity index (χ1n) is 13.2. The number of carbonyl (C=O) groups excluding carboxylic acids is 1. The number of likely N-dealkylation sites (N-methyl/N-ethyl adjacent to an activating group) is 1. The Morgan fingerprint density at radius 2 is 2.14 bits per heavy atom. The number of amides is 1. The van der Waals surface area contributed by atoms with Crippen molar-refractivity contribution in [1.82, 2.24) is 20.2 Å². The van der Waals surface area contributed by atoms with Crippen LogP contribution in [0.4, 0.5) is 5.82 Å². The number of benzene rings is 1. The Kier molecular flexibility index (Phi) is 8.67. The number of ether oxygens (including phenoxy) is 2. The lowest BCUT2D eigenvalue weighted by Gasteiger charge is -2.47. The highest BCUT2D eigenvalue weighted by atomic mass is 16.5. The molecule has 1 unspecified atom stereocenters. The molecule has 2 aromatic rings. The predicted molar refractivity (Wildman–Crippen MR) is 144 cm³/mol. The molecular weight excluding hydrogens is 470 g/mol. The average Bonchev–Trinajstić information content (AvgIpc) is 3.36. The zero-order valence-corrected chi connectivity index (χ0v) is 22.8. The summed E-state index contributed by atoms with van der Waals surface area (Å²) in [6.07, 6.45) is 1.29. The highest BCUT2D eigenvalue weighted by molar-refractivity contribution is 5.74. The van der Waals surface area contributed by atoms with Crippen LogP contribution in [0.5, 0.6) is 5.75 Å². The van der Waals surface area contributed by atoms with Gasteiger partial charge in [0.2, 0.25) is 5.91 Å². The summed E-state index contributed by atoms with van der Waals surface area (Å²) in [4.78, 5) is 26.6. The molecule has 2 aliphatic rings. The maximum atomic E-state index is 12.2. The number of nitrogens with zero attached hydrogens (tertiary/aromatic N) is 4. The van der Waals surface area contributed by atoms with Gasteiger partial charge in [0.1, 0.15) is 24.3 Å². The minimum atomic E-state index is -0.590. The van der Waals surface area contributed by atoms with Gasteiger partial charge in [0, 0.05) is 63.1 Å². The number of aliphatic hydroxyl groups is 1. The number of aromatic nitrogens is 2. The summed E-state index contributed by atoms with van der Waals surface area (Å²) in [5, 5.41) is 13.0. The third-order valence-corrected chi connectivity index (χ3v) is 7.28. The van der Waals surface area contributed by atoms with E-state index in [0.717, 1.165) is 55.2 Å². The van der Waals surface area contributed by atoms with Crippen LogP contribution in [0.3, 0.4) is 0 Å². The second-order valence-corrected chi connectivity index (χ2v) is 10.8. The number of hydrogen-bond acceptors (Lipinski definition) is 8. The number of carbonyl (C=O) groups is 1. The van der Waals surface area contributed by atoms with E-state index in [1.807, 2.05) is 29.2 Å². The Morgan fingerprint density at radius 1 is 1.32 bits per heavy atom. The van der Waals surface area contributed by atoms with Crippen molar-refractivity contribution in [1.29, 1.82) is 0 Å². The molecule has 9 heteroatoms. The smallest absolute Gasteiger partial charge is 0.220 e. The van der Waals surface area contributed by atoms with E-state index in [1.54, 1.807) is 14.0 Å². The van der Waals surface area contributed by atoms with Crippen molar-refractivity contribution in [2.75, 3.05) is 57.9 Å². The van der Waals surface area contributed by atoms with E-state index in [0.29, 0.717) is 37.1 Å². The van der Waals surface area contributed by atoms with Crippen LogP contribution in [-0.4, -0.2) is 90.6 Å². The fraction of sp³-hybridized carbons (Fsp3) is 0.607. The van der Waals surface area contributed by atoms with E-state index in [2.05, 4.69) is 31.0 Å². The van der Waals surface area contributed by atoms with Gasteiger partial charge in [-0.05, 0) is 58.7 Å². The fourth-order valence-electron chi connectivity index (χ4n) is 5.33. The molecule has 0 radical (unpaired) electrons. The molecule has 2 aliphatic heterocycles. The zero-order valence-electron chi connectivity index (χ0n) is 22.8. The molecule has 202 valence electrons. The summed E-state index contributed by atoms with van der Waals surface area (Å²) >= 11 is 0. The van der Waals surface area contributed by atoms with Crippen LogP contribution in [0.25, 0.3) is 11.4 Å². The van der Waals surface area contributed by atoms with Gasteiger partial charge < -0.3 is 29.7 Å². The maximum absolute atomic E-state index is 12.2. The number of anilines is 1. The third-order valence-electron chi connectivity index (χ3n) is 7.28. The lowest BCUT2D eigenvalue weighted by atomic mass is 9.97. The quantitative estimate of drug-likeness (QED) is 0.530. The van der Waals surface area contributed by atoms with Crippen molar-refractivity contribution >= 4 is 11.7 Å². The minimum absolute atomic E-state index is 0.100. The minimum Gasteiger partial charge on any atom is -0.491 e. The van der Waals surface area contributed by atoms with Gasteiger partial charge in [-0.15, -0.1) is 0 Å². The molecule has 2 N–H and O–H groups in total.